The zero-order chi connectivity index (χ0) is 17.8. The Kier molecular flexibility index (Phi) is 4.74. The van der Waals surface area contributed by atoms with Gasteiger partial charge in [0.2, 0.25) is 5.82 Å². The van der Waals surface area contributed by atoms with Gasteiger partial charge < -0.3 is 5.43 Å². The number of rotatable bonds is 5. The molecule has 0 unspecified atom stereocenters. The van der Waals surface area contributed by atoms with Crippen molar-refractivity contribution < 1.29 is 4.79 Å². The Bertz CT molecular complexity index is 929. The van der Waals surface area contributed by atoms with Crippen LogP contribution in [0.1, 0.15) is 40.9 Å². The summed E-state index contributed by atoms with van der Waals surface area (Å²) in [6.45, 7) is 5.78. The van der Waals surface area contributed by atoms with Crippen LogP contribution in [-0.4, -0.2) is 25.5 Å². The summed E-state index contributed by atoms with van der Waals surface area (Å²) in [5, 5.41) is 4.21. The number of nitrogens with one attached hydrogen (secondary N) is 2. The number of aryl methyl sites for hydroxylation is 2. The first-order valence-electron chi connectivity index (χ1n) is 8.10. The van der Waals surface area contributed by atoms with Crippen LogP contribution in [0.25, 0.3) is 11.9 Å². The number of hydrogen-bond donors (Lipinski definition) is 2. The van der Waals surface area contributed by atoms with Gasteiger partial charge in [-0.1, -0.05) is 37.3 Å². The number of aromatic nitrogens is 4. The molecule has 0 spiro atoms. The van der Waals surface area contributed by atoms with Crippen LogP contribution in [0.15, 0.2) is 42.1 Å². The number of amides is 1. The average Bonchev–Trinajstić information content (AvgIpc) is 3.03. The van der Waals surface area contributed by atoms with E-state index in [0.717, 1.165) is 29.1 Å². The maximum Gasteiger partial charge on any atom is 0.309 e. The fourth-order valence-electron chi connectivity index (χ4n) is 2.43. The van der Waals surface area contributed by atoms with Crippen molar-refractivity contribution in [3.8, 4) is 0 Å². The first-order chi connectivity index (χ1) is 12.1. The number of benzene rings is 1. The summed E-state index contributed by atoms with van der Waals surface area (Å²) >= 11 is 0. The van der Waals surface area contributed by atoms with E-state index in [4.69, 9.17) is 0 Å². The van der Waals surface area contributed by atoms with E-state index in [1.165, 1.54) is 0 Å². The second kappa shape index (κ2) is 7.12. The van der Waals surface area contributed by atoms with E-state index in [0.29, 0.717) is 5.78 Å². The van der Waals surface area contributed by atoms with Gasteiger partial charge in [0, 0.05) is 17.1 Å². The topological polar surface area (TPSA) is 84.2 Å². The van der Waals surface area contributed by atoms with Gasteiger partial charge in [-0.15, -0.1) is 5.10 Å². The second-order valence-corrected chi connectivity index (χ2v) is 5.70. The van der Waals surface area contributed by atoms with Crippen molar-refractivity contribution in [2.24, 2.45) is 0 Å². The molecular formula is C18H20N6O. The zero-order valence-electron chi connectivity index (χ0n) is 14.4. The maximum atomic E-state index is 12.3. The van der Waals surface area contributed by atoms with Crippen LogP contribution < -0.4 is 10.9 Å². The summed E-state index contributed by atoms with van der Waals surface area (Å²) in [6, 6.07) is 11.8. The number of allylic oxidation sites excluding steroid dienone is 1. The van der Waals surface area contributed by atoms with Gasteiger partial charge >= 0.3 is 5.91 Å². The molecule has 0 bridgehead atoms. The van der Waals surface area contributed by atoms with Gasteiger partial charge in [0.05, 0.1) is 0 Å². The highest BCUT2D eigenvalue weighted by atomic mass is 16.2. The summed E-state index contributed by atoms with van der Waals surface area (Å²) in [6.07, 6.45) is 2.72. The normalized spacial score (nSPS) is 11.6. The molecule has 0 aliphatic heterocycles. The fourth-order valence-corrected chi connectivity index (χ4v) is 2.43. The Hall–Kier alpha value is -3.22. The van der Waals surface area contributed by atoms with Gasteiger partial charge in [0.15, 0.2) is 0 Å². The number of nitrogens with zero attached hydrogens (tertiary/aromatic N) is 4. The molecule has 3 aromatic rings. The van der Waals surface area contributed by atoms with E-state index in [1.54, 1.807) is 4.52 Å². The molecule has 7 heteroatoms. The van der Waals surface area contributed by atoms with E-state index in [2.05, 4.69) is 25.9 Å². The molecule has 1 amide bonds. The molecule has 2 heterocycles. The molecule has 2 aromatic heterocycles. The molecule has 3 rings (SSSR count). The van der Waals surface area contributed by atoms with Crippen LogP contribution in [0.3, 0.4) is 0 Å². The SMILES string of the molecule is CCC(=Cc1ccccc1)NNC(=O)c1nc2nc(C)cc(C)n2n1. The van der Waals surface area contributed by atoms with Crippen LogP contribution in [0.4, 0.5) is 0 Å². The molecule has 0 fully saturated rings. The number of hydrazine groups is 1. The Morgan fingerprint density at radius 1 is 1.16 bits per heavy atom. The first-order valence-corrected chi connectivity index (χ1v) is 8.10. The average molecular weight is 336 g/mol. The van der Waals surface area contributed by atoms with Gasteiger partial charge in [0.1, 0.15) is 0 Å². The third-order valence-electron chi connectivity index (χ3n) is 3.68. The molecule has 0 aliphatic carbocycles. The van der Waals surface area contributed by atoms with E-state index in [1.807, 2.05) is 63.2 Å². The molecule has 128 valence electrons. The Morgan fingerprint density at radius 3 is 2.64 bits per heavy atom. The maximum absolute atomic E-state index is 12.3. The molecule has 7 nitrogen and oxygen atoms in total. The minimum absolute atomic E-state index is 0.0730. The molecule has 0 atom stereocenters. The lowest BCUT2D eigenvalue weighted by Gasteiger charge is -2.09. The first kappa shape index (κ1) is 16.6. The van der Waals surface area contributed by atoms with Crippen molar-refractivity contribution in [1.29, 1.82) is 0 Å². The highest BCUT2D eigenvalue weighted by Crippen LogP contribution is 2.07. The van der Waals surface area contributed by atoms with E-state index in [-0.39, 0.29) is 5.82 Å². The van der Waals surface area contributed by atoms with Crippen molar-refractivity contribution in [1.82, 2.24) is 30.4 Å². The summed E-state index contributed by atoms with van der Waals surface area (Å²) in [4.78, 5) is 20.8. The lowest BCUT2D eigenvalue weighted by atomic mass is 10.2. The van der Waals surface area contributed by atoms with Gasteiger partial charge in [0.25, 0.3) is 5.78 Å². The fraction of sp³-hybridized carbons (Fsp3) is 0.222. The number of fused-ring (bicyclic) bond motifs is 1. The Morgan fingerprint density at radius 2 is 1.92 bits per heavy atom. The Balaban J connectivity index is 1.74. The van der Waals surface area contributed by atoms with E-state index < -0.39 is 5.91 Å². The monoisotopic (exact) mass is 336 g/mol. The molecule has 1 aromatic carbocycles. The summed E-state index contributed by atoms with van der Waals surface area (Å²) in [7, 11) is 0. The lowest BCUT2D eigenvalue weighted by Crippen LogP contribution is -2.37. The molecule has 25 heavy (non-hydrogen) atoms. The minimum atomic E-state index is -0.407. The predicted molar refractivity (Wildman–Crippen MR) is 95.6 cm³/mol. The minimum Gasteiger partial charge on any atom is -0.302 e. The summed E-state index contributed by atoms with van der Waals surface area (Å²) in [5.41, 5.74) is 9.23. The summed E-state index contributed by atoms with van der Waals surface area (Å²) in [5.74, 6) is 0.0806. The molecule has 0 saturated carbocycles. The molecule has 0 saturated heterocycles. The van der Waals surface area contributed by atoms with Crippen molar-refractivity contribution in [2.45, 2.75) is 27.2 Å². The van der Waals surface area contributed by atoms with Crippen molar-refractivity contribution in [3.63, 3.8) is 0 Å². The second-order valence-electron chi connectivity index (χ2n) is 5.70. The van der Waals surface area contributed by atoms with Gasteiger partial charge in [-0.05, 0) is 38.0 Å². The standard InChI is InChI=1S/C18H20N6O/c1-4-15(11-14-8-6-5-7-9-14)21-22-17(25)16-20-18-19-12(2)10-13(3)24(18)23-16/h5-11,21H,4H2,1-3H3,(H,22,25). The number of carbonyl (C=O) groups excluding carboxylic acids is 1. The quantitative estimate of drug-likeness (QED) is 0.699. The van der Waals surface area contributed by atoms with Gasteiger partial charge in [-0.2, -0.15) is 4.98 Å². The third-order valence-corrected chi connectivity index (χ3v) is 3.68. The van der Waals surface area contributed by atoms with Gasteiger partial charge in [-0.3, -0.25) is 10.2 Å². The molecular weight excluding hydrogens is 316 g/mol. The van der Waals surface area contributed by atoms with Crippen molar-refractivity contribution in [3.05, 3.63) is 64.9 Å². The predicted octanol–water partition coefficient (Wildman–Crippen LogP) is 2.43. The lowest BCUT2D eigenvalue weighted by molar-refractivity contribution is 0.0928. The summed E-state index contributed by atoms with van der Waals surface area (Å²) < 4.78 is 1.56. The number of hydrogen-bond acceptors (Lipinski definition) is 5. The Labute approximate surface area is 145 Å². The van der Waals surface area contributed by atoms with Crippen molar-refractivity contribution >= 4 is 17.8 Å². The molecule has 0 aliphatic rings. The van der Waals surface area contributed by atoms with E-state index >= 15 is 0 Å². The highest BCUT2D eigenvalue weighted by molar-refractivity contribution is 5.90. The smallest absolute Gasteiger partial charge is 0.302 e. The van der Waals surface area contributed by atoms with Crippen molar-refractivity contribution in [2.75, 3.05) is 0 Å². The zero-order valence-corrected chi connectivity index (χ0v) is 14.4. The third kappa shape index (κ3) is 3.82. The largest absolute Gasteiger partial charge is 0.309 e. The molecule has 2 N–H and O–H groups in total. The van der Waals surface area contributed by atoms with Crippen LogP contribution in [0.5, 0.6) is 0 Å². The van der Waals surface area contributed by atoms with Gasteiger partial charge in [-0.25, -0.2) is 9.50 Å². The van der Waals surface area contributed by atoms with Crippen LogP contribution in [-0.2, 0) is 0 Å². The van der Waals surface area contributed by atoms with Crippen LogP contribution in [0.2, 0.25) is 0 Å². The van der Waals surface area contributed by atoms with Crippen LogP contribution in [0, 0.1) is 13.8 Å². The van der Waals surface area contributed by atoms with E-state index in [9.17, 15) is 4.79 Å². The molecule has 0 radical (unpaired) electrons. The highest BCUT2D eigenvalue weighted by Gasteiger charge is 2.14. The number of carbonyl (C=O) groups is 1. The van der Waals surface area contributed by atoms with Crippen LogP contribution >= 0.6 is 0 Å².